The van der Waals surface area contributed by atoms with E-state index in [9.17, 15) is 18.3 Å². The smallest absolute Gasteiger partial charge is 0.398 e. The van der Waals surface area contributed by atoms with Crippen molar-refractivity contribution in [1.29, 1.82) is 0 Å². The summed E-state index contributed by atoms with van der Waals surface area (Å²) < 4.78 is 35.5. The molecule has 0 atom stereocenters. The zero-order valence-electron chi connectivity index (χ0n) is 6.81. The van der Waals surface area contributed by atoms with E-state index in [0.717, 1.165) is 0 Å². The van der Waals surface area contributed by atoms with E-state index < -0.39 is 11.9 Å². The third-order valence-corrected chi connectivity index (χ3v) is 2.66. The number of phenols is 1. The highest BCUT2D eigenvalue weighted by molar-refractivity contribution is 7.99. The summed E-state index contributed by atoms with van der Waals surface area (Å²) in [4.78, 5) is 0.134. The Labute approximate surface area is 87.9 Å². The summed E-state index contributed by atoms with van der Waals surface area (Å²) in [6.07, 6.45) is -4.25. The lowest BCUT2D eigenvalue weighted by molar-refractivity contribution is -0.105. The van der Waals surface area contributed by atoms with Gasteiger partial charge in [0.25, 0.3) is 0 Å². The van der Waals surface area contributed by atoms with Crippen molar-refractivity contribution in [3.05, 3.63) is 23.2 Å². The quantitative estimate of drug-likeness (QED) is 0.798. The van der Waals surface area contributed by atoms with Gasteiger partial charge >= 0.3 is 6.18 Å². The Bertz CT molecular complexity index is 327. The zero-order chi connectivity index (χ0) is 10.8. The van der Waals surface area contributed by atoms with Gasteiger partial charge in [-0.3, -0.25) is 0 Å². The number of rotatable bonds is 2. The van der Waals surface area contributed by atoms with E-state index in [1.54, 1.807) is 0 Å². The highest BCUT2D eigenvalue weighted by Gasteiger charge is 2.27. The van der Waals surface area contributed by atoms with E-state index in [1.807, 2.05) is 0 Å². The Morgan fingerprint density at radius 3 is 2.57 bits per heavy atom. The number of hydrogen-bond acceptors (Lipinski definition) is 2. The number of phenolic OH excluding ortho intramolecular Hbond substituents is 1. The van der Waals surface area contributed by atoms with Crippen LogP contribution < -0.4 is 0 Å². The average molecular weight is 243 g/mol. The summed E-state index contributed by atoms with van der Waals surface area (Å²) in [6, 6.07) is 3.98. The summed E-state index contributed by atoms with van der Waals surface area (Å²) in [5.41, 5.74) is 0. The molecule has 1 aromatic rings. The predicted octanol–water partition coefficient (Wildman–Crippen LogP) is 3.70. The minimum atomic E-state index is -4.25. The highest BCUT2D eigenvalue weighted by Crippen LogP contribution is 2.34. The molecule has 1 nitrogen and oxygen atoms in total. The van der Waals surface area contributed by atoms with Gasteiger partial charge < -0.3 is 5.11 Å². The van der Waals surface area contributed by atoms with E-state index in [-0.39, 0.29) is 10.6 Å². The van der Waals surface area contributed by atoms with Crippen molar-refractivity contribution in [3.8, 4) is 5.75 Å². The van der Waals surface area contributed by atoms with Crippen molar-refractivity contribution in [2.75, 3.05) is 5.75 Å². The van der Waals surface area contributed by atoms with Crippen molar-refractivity contribution in [1.82, 2.24) is 0 Å². The molecule has 0 fully saturated rings. The molecule has 1 N–H and O–H groups in total. The van der Waals surface area contributed by atoms with Crippen LogP contribution in [0.2, 0.25) is 5.02 Å². The lowest BCUT2D eigenvalue weighted by atomic mass is 10.3. The van der Waals surface area contributed by atoms with Crippen LogP contribution in [-0.4, -0.2) is 17.0 Å². The molecule has 0 saturated carbocycles. The second-order valence-electron chi connectivity index (χ2n) is 2.52. The molecule has 0 aromatic heterocycles. The first-order valence-corrected chi connectivity index (χ1v) is 4.93. The van der Waals surface area contributed by atoms with Crippen LogP contribution in [0.5, 0.6) is 5.75 Å². The Morgan fingerprint density at radius 2 is 2.00 bits per heavy atom. The van der Waals surface area contributed by atoms with Crippen LogP contribution >= 0.6 is 23.4 Å². The molecule has 0 amide bonds. The molecule has 0 radical (unpaired) electrons. The minimum absolute atomic E-state index is 0.134. The molecular weight excluding hydrogens is 237 g/mol. The minimum Gasteiger partial charge on any atom is -0.507 e. The second kappa shape index (κ2) is 4.31. The van der Waals surface area contributed by atoms with E-state index in [1.165, 1.54) is 18.2 Å². The van der Waals surface area contributed by atoms with Crippen LogP contribution in [-0.2, 0) is 0 Å². The summed E-state index contributed by atoms with van der Waals surface area (Å²) in [7, 11) is 0. The SMILES string of the molecule is Oc1ccc(Cl)cc1SCC(F)(F)F. The summed E-state index contributed by atoms with van der Waals surface area (Å²) in [5.74, 6) is -1.23. The van der Waals surface area contributed by atoms with Gasteiger partial charge in [-0.05, 0) is 18.2 Å². The van der Waals surface area contributed by atoms with Crippen LogP contribution in [0.25, 0.3) is 0 Å². The molecular formula is C8H6ClF3OS. The van der Waals surface area contributed by atoms with Crippen molar-refractivity contribution in [2.24, 2.45) is 0 Å². The third-order valence-electron chi connectivity index (χ3n) is 1.31. The Hall–Kier alpha value is -0.550. The molecule has 0 aliphatic rings. The van der Waals surface area contributed by atoms with Crippen molar-refractivity contribution < 1.29 is 18.3 Å². The van der Waals surface area contributed by atoms with Crippen molar-refractivity contribution >= 4 is 23.4 Å². The largest absolute Gasteiger partial charge is 0.507 e. The average Bonchev–Trinajstić information content (AvgIpc) is 2.05. The molecule has 6 heteroatoms. The third kappa shape index (κ3) is 3.67. The number of thioether (sulfide) groups is 1. The fraction of sp³-hybridized carbons (Fsp3) is 0.250. The van der Waals surface area contributed by atoms with Crippen molar-refractivity contribution in [3.63, 3.8) is 0 Å². The van der Waals surface area contributed by atoms with Crippen molar-refractivity contribution in [2.45, 2.75) is 11.1 Å². The molecule has 0 spiro atoms. The summed E-state index contributed by atoms with van der Waals surface area (Å²) in [6.45, 7) is 0. The van der Waals surface area contributed by atoms with Gasteiger partial charge in [0.05, 0.1) is 10.6 Å². The first-order chi connectivity index (χ1) is 6.38. The molecule has 1 aromatic carbocycles. The molecule has 0 bridgehead atoms. The number of hydrogen-bond donors (Lipinski definition) is 1. The standard InChI is InChI=1S/C8H6ClF3OS/c9-5-1-2-6(13)7(3-5)14-4-8(10,11)12/h1-3,13H,4H2. The fourth-order valence-electron chi connectivity index (χ4n) is 0.763. The number of aromatic hydroxyl groups is 1. The summed E-state index contributed by atoms with van der Waals surface area (Å²) in [5, 5.41) is 9.48. The molecule has 0 aliphatic heterocycles. The lowest BCUT2D eigenvalue weighted by Crippen LogP contribution is -2.10. The maximum absolute atomic E-state index is 11.8. The predicted molar refractivity (Wildman–Crippen MR) is 49.9 cm³/mol. The Kier molecular flexibility index (Phi) is 3.55. The van der Waals surface area contributed by atoms with Gasteiger partial charge in [-0.1, -0.05) is 11.6 Å². The van der Waals surface area contributed by atoms with Gasteiger partial charge in [0.2, 0.25) is 0 Å². The lowest BCUT2D eigenvalue weighted by Gasteiger charge is -2.07. The molecule has 0 aliphatic carbocycles. The topological polar surface area (TPSA) is 20.2 Å². The maximum atomic E-state index is 11.8. The maximum Gasteiger partial charge on any atom is 0.398 e. The number of alkyl halides is 3. The van der Waals surface area contributed by atoms with Crippen LogP contribution in [0, 0.1) is 0 Å². The summed E-state index contributed by atoms with van der Waals surface area (Å²) >= 11 is 6.07. The van der Waals surface area contributed by atoms with Gasteiger partial charge in [0, 0.05) is 5.02 Å². The molecule has 14 heavy (non-hydrogen) atoms. The van der Waals surface area contributed by atoms with Crippen LogP contribution in [0.1, 0.15) is 0 Å². The Morgan fingerprint density at radius 1 is 1.36 bits per heavy atom. The second-order valence-corrected chi connectivity index (χ2v) is 3.97. The molecule has 0 heterocycles. The van der Waals surface area contributed by atoms with E-state index in [4.69, 9.17) is 11.6 Å². The normalized spacial score (nSPS) is 11.7. The zero-order valence-corrected chi connectivity index (χ0v) is 8.38. The fourth-order valence-corrected chi connectivity index (χ4v) is 1.75. The molecule has 0 unspecified atom stereocenters. The first-order valence-electron chi connectivity index (χ1n) is 3.56. The first kappa shape index (κ1) is 11.5. The Balaban J connectivity index is 2.72. The monoisotopic (exact) mass is 242 g/mol. The van der Waals surface area contributed by atoms with Crippen LogP contribution in [0.4, 0.5) is 13.2 Å². The van der Waals surface area contributed by atoms with E-state index in [0.29, 0.717) is 16.8 Å². The van der Waals surface area contributed by atoms with E-state index in [2.05, 4.69) is 0 Å². The molecule has 78 valence electrons. The molecule has 0 saturated heterocycles. The van der Waals surface area contributed by atoms with Gasteiger partial charge in [0.15, 0.2) is 0 Å². The van der Waals surface area contributed by atoms with Crippen LogP contribution in [0.3, 0.4) is 0 Å². The van der Waals surface area contributed by atoms with Crippen LogP contribution in [0.15, 0.2) is 23.1 Å². The number of halogens is 4. The van der Waals surface area contributed by atoms with E-state index >= 15 is 0 Å². The highest BCUT2D eigenvalue weighted by atomic mass is 35.5. The van der Waals surface area contributed by atoms with Gasteiger partial charge in [-0.15, -0.1) is 11.8 Å². The molecule has 1 rings (SSSR count). The van der Waals surface area contributed by atoms with Gasteiger partial charge in [-0.25, -0.2) is 0 Å². The van der Waals surface area contributed by atoms with Gasteiger partial charge in [0.1, 0.15) is 5.75 Å². The number of benzene rings is 1. The van der Waals surface area contributed by atoms with Gasteiger partial charge in [-0.2, -0.15) is 13.2 Å².